The van der Waals surface area contributed by atoms with Gasteiger partial charge in [0, 0.05) is 10.3 Å². The number of ether oxygens (including phenoxy) is 1. The number of unbranched alkanes of at least 4 members (excludes halogenated alkanes) is 1. The highest BCUT2D eigenvalue weighted by molar-refractivity contribution is 7.99. The molecule has 0 bridgehead atoms. The molecule has 1 aromatic carbocycles. The van der Waals surface area contributed by atoms with E-state index < -0.39 is 0 Å². The molecule has 142 valence electrons. The fourth-order valence-electron chi connectivity index (χ4n) is 3.55. The minimum absolute atomic E-state index is 0.772. The van der Waals surface area contributed by atoms with E-state index >= 15 is 0 Å². The van der Waals surface area contributed by atoms with Crippen LogP contribution < -0.4 is 4.74 Å². The van der Waals surface area contributed by atoms with E-state index in [-0.39, 0.29) is 0 Å². The van der Waals surface area contributed by atoms with Crippen molar-refractivity contribution in [2.45, 2.75) is 51.0 Å². The van der Waals surface area contributed by atoms with E-state index in [2.05, 4.69) is 35.9 Å². The Morgan fingerprint density at radius 1 is 1.19 bits per heavy atom. The third-order valence-corrected chi connectivity index (χ3v) is 7.36. The average molecular weight is 399 g/mol. The van der Waals surface area contributed by atoms with Crippen LogP contribution >= 0.6 is 23.1 Å². The summed E-state index contributed by atoms with van der Waals surface area (Å²) in [6.45, 7) is 5.22. The van der Waals surface area contributed by atoms with Gasteiger partial charge in [-0.15, -0.1) is 23.1 Å². The Morgan fingerprint density at radius 2 is 2.04 bits per heavy atom. The number of rotatable bonds is 7. The van der Waals surface area contributed by atoms with E-state index in [4.69, 9.17) is 4.74 Å². The second-order valence-corrected chi connectivity index (χ2v) is 9.60. The number of hydrogen-bond donors (Lipinski definition) is 0. The molecule has 0 N–H and O–H groups in total. The van der Waals surface area contributed by atoms with Crippen molar-refractivity contribution in [1.29, 1.82) is 0 Å². The van der Waals surface area contributed by atoms with Crippen LogP contribution in [0.5, 0.6) is 5.75 Å². The van der Waals surface area contributed by atoms with Crippen molar-refractivity contribution in [3.8, 4) is 5.75 Å². The second kappa shape index (κ2) is 8.61. The predicted octanol–water partition coefficient (Wildman–Crippen LogP) is 6.08. The Hall–Kier alpha value is -1.59. The second-order valence-electron chi connectivity index (χ2n) is 7.43. The molecule has 0 spiro atoms. The lowest BCUT2D eigenvalue weighted by Gasteiger charge is -2.18. The van der Waals surface area contributed by atoms with E-state index in [9.17, 15) is 0 Å². The van der Waals surface area contributed by atoms with Crippen molar-refractivity contribution in [3.63, 3.8) is 0 Å². The molecule has 0 aliphatic heterocycles. The summed E-state index contributed by atoms with van der Waals surface area (Å²) >= 11 is 3.76. The van der Waals surface area contributed by atoms with Gasteiger partial charge in [0.15, 0.2) is 0 Å². The molecule has 1 aliphatic rings. The zero-order chi connectivity index (χ0) is 18.6. The Labute approximate surface area is 169 Å². The molecule has 0 amide bonds. The van der Waals surface area contributed by atoms with Gasteiger partial charge in [-0.2, -0.15) is 0 Å². The van der Waals surface area contributed by atoms with Crippen LogP contribution in [-0.4, -0.2) is 22.3 Å². The number of benzene rings is 1. The molecule has 3 nitrogen and oxygen atoms in total. The lowest BCUT2D eigenvalue weighted by Crippen LogP contribution is -2.08. The highest BCUT2D eigenvalue weighted by Crippen LogP contribution is 2.40. The molecular formula is C22H26N2OS2. The largest absolute Gasteiger partial charge is 0.494 e. The molecule has 0 unspecified atom stereocenters. The van der Waals surface area contributed by atoms with Crippen molar-refractivity contribution < 1.29 is 4.74 Å². The summed E-state index contributed by atoms with van der Waals surface area (Å²) < 4.78 is 5.82. The molecule has 3 aromatic rings. The minimum Gasteiger partial charge on any atom is -0.494 e. The molecule has 0 saturated heterocycles. The van der Waals surface area contributed by atoms with Gasteiger partial charge in [-0.1, -0.05) is 24.6 Å². The first-order valence-corrected chi connectivity index (χ1v) is 11.6. The molecule has 27 heavy (non-hydrogen) atoms. The van der Waals surface area contributed by atoms with Crippen molar-refractivity contribution >= 4 is 33.3 Å². The van der Waals surface area contributed by atoms with Gasteiger partial charge in [-0.25, -0.2) is 9.97 Å². The Morgan fingerprint density at radius 3 is 2.89 bits per heavy atom. The fourth-order valence-corrected chi connectivity index (χ4v) is 6.00. The van der Waals surface area contributed by atoms with Crippen LogP contribution in [0, 0.1) is 12.8 Å². The van der Waals surface area contributed by atoms with Crippen molar-refractivity contribution in [3.05, 3.63) is 46.6 Å². The zero-order valence-electron chi connectivity index (χ0n) is 16.0. The van der Waals surface area contributed by atoms with Gasteiger partial charge in [0.25, 0.3) is 0 Å². The van der Waals surface area contributed by atoms with Crippen LogP contribution in [-0.2, 0) is 12.8 Å². The number of thioether (sulfide) groups is 1. The van der Waals surface area contributed by atoms with Crippen LogP contribution in [0.25, 0.3) is 10.2 Å². The summed E-state index contributed by atoms with van der Waals surface area (Å²) in [5.74, 6) is 2.83. The summed E-state index contributed by atoms with van der Waals surface area (Å²) in [5.41, 5.74) is 2.79. The quantitative estimate of drug-likeness (QED) is 0.275. The number of aryl methyl sites for hydroxylation is 2. The molecule has 4 rings (SSSR count). The summed E-state index contributed by atoms with van der Waals surface area (Å²) in [6.07, 6.45) is 7.60. The molecule has 1 atom stereocenters. The molecule has 2 heterocycles. The summed E-state index contributed by atoms with van der Waals surface area (Å²) in [7, 11) is 0. The van der Waals surface area contributed by atoms with Crippen LogP contribution in [0.1, 0.15) is 42.2 Å². The van der Waals surface area contributed by atoms with Crippen LogP contribution in [0.2, 0.25) is 0 Å². The topological polar surface area (TPSA) is 35.0 Å². The van der Waals surface area contributed by atoms with Gasteiger partial charge in [-0.3, -0.25) is 0 Å². The first-order valence-electron chi connectivity index (χ1n) is 9.78. The van der Waals surface area contributed by atoms with E-state index in [1.807, 2.05) is 35.2 Å². The van der Waals surface area contributed by atoms with E-state index in [0.29, 0.717) is 0 Å². The van der Waals surface area contributed by atoms with E-state index in [1.165, 1.54) is 50.5 Å². The molecule has 0 radical (unpaired) electrons. The van der Waals surface area contributed by atoms with E-state index in [1.54, 1.807) is 6.33 Å². The van der Waals surface area contributed by atoms with E-state index in [0.717, 1.165) is 36.9 Å². The standard InChI is InChI=1S/C22H26N2OS2/c1-15-5-8-17(9-6-15)25-11-3-4-12-26-21-20-18-10-7-16(2)13-19(18)27-22(20)24-14-23-21/h5-6,8-9,14,16H,3-4,7,10-13H2,1-2H3/t16-/m0/s1. The lowest BCUT2D eigenvalue weighted by atomic mass is 9.89. The number of nitrogens with zero attached hydrogens (tertiary/aromatic N) is 2. The summed E-state index contributed by atoms with van der Waals surface area (Å²) in [6, 6.07) is 8.27. The molecule has 1 aliphatic carbocycles. The van der Waals surface area contributed by atoms with Gasteiger partial charge < -0.3 is 4.74 Å². The van der Waals surface area contributed by atoms with Crippen molar-refractivity contribution in [2.75, 3.05) is 12.4 Å². The first kappa shape index (κ1) is 18.8. The monoisotopic (exact) mass is 398 g/mol. The third-order valence-electron chi connectivity index (χ3n) is 5.12. The number of hydrogen-bond acceptors (Lipinski definition) is 5. The number of fused-ring (bicyclic) bond motifs is 3. The van der Waals surface area contributed by atoms with Gasteiger partial charge in [0.05, 0.1) is 6.61 Å². The smallest absolute Gasteiger partial charge is 0.128 e. The Kier molecular flexibility index (Phi) is 5.98. The normalized spacial score (nSPS) is 16.4. The summed E-state index contributed by atoms with van der Waals surface area (Å²) in [4.78, 5) is 11.9. The average Bonchev–Trinajstić information content (AvgIpc) is 3.04. The Balaban J connectivity index is 1.31. The zero-order valence-corrected chi connectivity index (χ0v) is 17.7. The first-order chi connectivity index (χ1) is 13.2. The SMILES string of the molecule is Cc1ccc(OCCCCSc2ncnc3sc4c(c23)CC[C@H](C)C4)cc1. The molecule has 2 aromatic heterocycles. The maximum atomic E-state index is 5.82. The van der Waals surface area contributed by atoms with Crippen molar-refractivity contribution in [2.24, 2.45) is 5.92 Å². The van der Waals surface area contributed by atoms with Gasteiger partial charge in [0.2, 0.25) is 0 Å². The minimum atomic E-state index is 0.772. The predicted molar refractivity (Wildman–Crippen MR) is 115 cm³/mol. The summed E-state index contributed by atoms with van der Waals surface area (Å²) in [5, 5.41) is 2.51. The third kappa shape index (κ3) is 4.46. The molecule has 5 heteroatoms. The Bertz CT molecular complexity index is 905. The highest BCUT2D eigenvalue weighted by atomic mass is 32.2. The maximum absolute atomic E-state index is 5.82. The number of aromatic nitrogens is 2. The van der Waals surface area contributed by atoms with Crippen LogP contribution in [0.3, 0.4) is 0 Å². The van der Waals surface area contributed by atoms with Gasteiger partial charge >= 0.3 is 0 Å². The fraction of sp³-hybridized carbons (Fsp3) is 0.455. The van der Waals surface area contributed by atoms with Gasteiger partial charge in [-0.05, 0) is 68.4 Å². The lowest BCUT2D eigenvalue weighted by molar-refractivity contribution is 0.310. The maximum Gasteiger partial charge on any atom is 0.128 e. The van der Waals surface area contributed by atoms with Crippen LogP contribution in [0.4, 0.5) is 0 Å². The molecule has 0 saturated carbocycles. The number of thiophene rings is 1. The molecule has 0 fully saturated rings. The van der Waals surface area contributed by atoms with Gasteiger partial charge in [0.1, 0.15) is 21.9 Å². The highest BCUT2D eigenvalue weighted by Gasteiger charge is 2.22. The van der Waals surface area contributed by atoms with Crippen LogP contribution in [0.15, 0.2) is 35.6 Å². The van der Waals surface area contributed by atoms with Crippen molar-refractivity contribution in [1.82, 2.24) is 9.97 Å². The molecular weight excluding hydrogens is 372 g/mol.